The molecule has 66 valence electrons. The first-order valence-electron chi connectivity index (χ1n) is 3.66. The van der Waals surface area contributed by atoms with Crippen LogP contribution in [0.3, 0.4) is 0 Å². The summed E-state index contributed by atoms with van der Waals surface area (Å²) in [6.45, 7) is 0.453. The molecule has 0 unspecified atom stereocenters. The molecule has 0 aliphatic rings. The van der Waals surface area contributed by atoms with Crippen LogP contribution in [-0.4, -0.2) is 11.5 Å². The Hall–Kier alpha value is -1.03. The lowest BCUT2D eigenvalue weighted by atomic mass is 10.1. The predicted octanol–water partition coefficient (Wildman–Crippen LogP) is 1.52. The zero-order chi connectivity index (χ0) is 8.97. The van der Waals surface area contributed by atoms with E-state index in [1.54, 1.807) is 6.20 Å². The van der Waals surface area contributed by atoms with Crippen LogP contribution in [0.25, 0.3) is 0 Å². The monoisotopic (exact) mass is 172 g/mol. The van der Waals surface area contributed by atoms with E-state index in [4.69, 9.17) is 5.73 Å². The Morgan fingerprint density at radius 1 is 1.42 bits per heavy atom. The summed E-state index contributed by atoms with van der Waals surface area (Å²) in [7, 11) is 0. The Kier molecular flexibility index (Phi) is 3.10. The summed E-state index contributed by atoms with van der Waals surface area (Å²) in [6, 6.07) is 1.44. The summed E-state index contributed by atoms with van der Waals surface area (Å²) in [5.41, 5.74) is 5.99. The quantitative estimate of drug-likeness (QED) is 0.750. The van der Waals surface area contributed by atoms with Crippen LogP contribution < -0.4 is 5.73 Å². The van der Waals surface area contributed by atoms with Gasteiger partial charge in [0.25, 0.3) is 6.43 Å². The highest BCUT2D eigenvalue weighted by Gasteiger charge is 2.06. The van der Waals surface area contributed by atoms with Crippen molar-refractivity contribution in [3.05, 3.63) is 29.6 Å². The highest BCUT2D eigenvalue weighted by atomic mass is 19.3. The van der Waals surface area contributed by atoms with Gasteiger partial charge in [-0.3, -0.25) is 4.98 Å². The standard InChI is InChI=1S/C8H10F2N2/c9-8(10)7-3-6(1-2-11)4-12-5-7/h3-5,8H,1-2,11H2. The Bertz CT molecular complexity index is 251. The van der Waals surface area contributed by atoms with Crippen molar-refractivity contribution in [2.75, 3.05) is 6.54 Å². The topological polar surface area (TPSA) is 38.9 Å². The van der Waals surface area contributed by atoms with E-state index in [-0.39, 0.29) is 5.56 Å². The maximum Gasteiger partial charge on any atom is 0.265 e. The van der Waals surface area contributed by atoms with Crippen LogP contribution in [-0.2, 0) is 6.42 Å². The van der Waals surface area contributed by atoms with E-state index < -0.39 is 6.43 Å². The molecule has 0 saturated heterocycles. The Balaban J connectivity index is 2.81. The fourth-order valence-corrected chi connectivity index (χ4v) is 0.930. The van der Waals surface area contributed by atoms with Crippen molar-refractivity contribution >= 4 is 0 Å². The van der Waals surface area contributed by atoms with Gasteiger partial charge < -0.3 is 5.73 Å². The summed E-state index contributed by atoms with van der Waals surface area (Å²) in [4.78, 5) is 3.69. The van der Waals surface area contributed by atoms with E-state index in [0.717, 1.165) is 5.56 Å². The average molecular weight is 172 g/mol. The van der Waals surface area contributed by atoms with E-state index >= 15 is 0 Å². The van der Waals surface area contributed by atoms with E-state index in [0.29, 0.717) is 13.0 Å². The molecular formula is C8H10F2N2. The summed E-state index contributed by atoms with van der Waals surface area (Å²) < 4.78 is 24.2. The number of halogens is 2. The van der Waals surface area contributed by atoms with Crippen molar-refractivity contribution < 1.29 is 8.78 Å². The first-order valence-corrected chi connectivity index (χ1v) is 3.66. The van der Waals surface area contributed by atoms with E-state index in [1.807, 2.05) is 0 Å². The van der Waals surface area contributed by atoms with Gasteiger partial charge >= 0.3 is 0 Å². The molecule has 0 bridgehead atoms. The van der Waals surface area contributed by atoms with Crippen molar-refractivity contribution in [1.82, 2.24) is 4.98 Å². The molecule has 0 fully saturated rings. The van der Waals surface area contributed by atoms with Crippen molar-refractivity contribution in [3.8, 4) is 0 Å². The van der Waals surface area contributed by atoms with Crippen molar-refractivity contribution in [3.63, 3.8) is 0 Å². The van der Waals surface area contributed by atoms with Gasteiger partial charge in [-0.1, -0.05) is 0 Å². The van der Waals surface area contributed by atoms with Gasteiger partial charge in [0.05, 0.1) is 0 Å². The average Bonchev–Trinajstić information content (AvgIpc) is 2.05. The minimum absolute atomic E-state index is 0.0408. The number of alkyl halides is 2. The van der Waals surface area contributed by atoms with Gasteiger partial charge in [0.1, 0.15) is 0 Å². The SMILES string of the molecule is NCCc1cncc(C(F)F)c1. The lowest BCUT2D eigenvalue weighted by molar-refractivity contribution is 0.151. The molecule has 1 aromatic rings. The molecule has 0 saturated carbocycles. The lowest BCUT2D eigenvalue weighted by Crippen LogP contribution is -2.03. The van der Waals surface area contributed by atoms with Crippen molar-refractivity contribution in [1.29, 1.82) is 0 Å². The van der Waals surface area contributed by atoms with Gasteiger partial charge in [-0.2, -0.15) is 0 Å². The Labute approximate surface area is 69.4 Å². The highest BCUT2D eigenvalue weighted by molar-refractivity contribution is 5.19. The van der Waals surface area contributed by atoms with Crippen LogP contribution in [0.1, 0.15) is 17.6 Å². The second-order valence-electron chi connectivity index (χ2n) is 2.47. The molecule has 0 radical (unpaired) electrons. The van der Waals surface area contributed by atoms with Gasteiger partial charge in [-0.15, -0.1) is 0 Å². The van der Waals surface area contributed by atoms with Crippen LogP contribution in [0.5, 0.6) is 0 Å². The number of nitrogens with zero attached hydrogens (tertiary/aromatic N) is 1. The molecule has 0 aliphatic carbocycles. The minimum Gasteiger partial charge on any atom is -0.330 e. The molecule has 2 N–H and O–H groups in total. The second-order valence-corrected chi connectivity index (χ2v) is 2.47. The molecule has 1 heterocycles. The number of rotatable bonds is 3. The molecule has 2 nitrogen and oxygen atoms in total. The third-order valence-corrected chi connectivity index (χ3v) is 1.50. The molecule has 0 atom stereocenters. The maximum atomic E-state index is 12.1. The van der Waals surface area contributed by atoms with Gasteiger partial charge in [-0.05, 0) is 24.6 Å². The fourth-order valence-electron chi connectivity index (χ4n) is 0.930. The smallest absolute Gasteiger partial charge is 0.265 e. The Morgan fingerprint density at radius 2 is 2.17 bits per heavy atom. The lowest BCUT2D eigenvalue weighted by Gasteiger charge is -2.01. The number of hydrogen-bond donors (Lipinski definition) is 1. The third kappa shape index (κ3) is 2.23. The summed E-state index contributed by atoms with van der Waals surface area (Å²) in [5, 5.41) is 0. The van der Waals surface area contributed by atoms with Gasteiger partial charge in [0, 0.05) is 18.0 Å². The second kappa shape index (κ2) is 4.11. The van der Waals surface area contributed by atoms with Gasteiger partial charge in [-0.25, -0.2) is 8.78 Å². The van der Waals surface area contributed by atoms with Crippen LogP contribution >= 0.6 is 0 Å². The fraction of sp³-hybridized carbons (Fsp3) is 0.375. The van der Waals surface area contributed by atoms with Crippen molar-refractivity contribution in [2.45, 2.75) is 12.8 Å². The number of nitrogens with two attached hydrogens (primary N) is 1. The van der Waals surface area contributed by atoms with Crippen molar-refractivity contribution in [2.24, 2.45) is 5.73 Å². The van der Waals surface area contributed by atoms with Gasteiger partial charge in [0.2, 0.25) is 0 Å². The van der Waals surface area contributed by atoms with E-state index in [2.05, 4.69) is 4.98 Å². The highest BCUT2D eigenvalue weighted by Crippen LogP contribution is 2.18. The van der Waals surface area contributed by atoms with Crippen LogP contribution in [0, 0.1) is 0 Å². The number of hydrogen-bond acceptors (Lipinski definition) is 2. The third-order valence-electron chi connectivity index (χ3n) is 1.50. The zero-order valence-electron chi connectivity index (χ0n) is 6.50. The summed E-state index contributed by atoms with van der Waals surface area (Å²) >= 11 is 0. The molecule has 0 amide bonds. The van der Waals surface area contributed by atoms with Crippen LogP contribution in [0.4, 0.5) is 8.78 Å². The zero-order valence-corrected chi connectivity index (χ0v) is 6.50. The van der Waals surface area contributed by atoms with Gasteiger partial charge in [0.15, 0.2) is 0 Å². The predicted molar refractivity (Wildman–Crippen MR) is 42.0 cm³/mol. The molecule has 0 aromatic carbocycles. The maximum absolute atomic E-state index is 12.1. The number of aromatic nitrogens is 1. The molecule has 12 heavy (non-hydrogen) atoms. The van der Waals surface area contributed by atoms with E-state index in [9.17, 15) is 8.78 Å². The molecule has 1 aromatic heterocycles. The number of pyridine rings is 1. The molecule has 4 heteroatoms. The largest absolute Gasteiger partial charge is 0.330 e. The molecule has 0 spiro atoms. The van der Waals surface area contributed by atoms with Crippen LogP contribution in [0.2, 0.25) is 0 Å². The van der Waals surface area contributed by atoms with E-state index in [1.165, 1.54) is 12.3 Å². The summed E-state index contributed by atoms with van der Waals surface area (Å²) in [6.07, 6.45) is 0.868. The minimum atomic E-state index is -2.45. The van der Waals surface area contributed by atoms with Crippen LogP contribution in [0.15, 0.2) is 18.5 Å². The molecule has 0 aliphatic heterocycles. The first-order chi connectivity index (χ1) is 5.74. The molecular weight excluding hydrogens is 162 g/mol. The Morgan fingerprint density at radius 3 is 2.75 bits per heavy atom. The summed E-state index contributed by atoms with van der Waals surface area (Å²) in [5.74, 6) is 0. The normalized spacial score (nSPS) is 10.7. The first kappa shape index (κ1) is 9.06. The molecule has 1 rings (SSSR count).